The van der Waals surface area contributed by atoms with Crippen molar-refractivity contribution in [2.75, 3.05) is 7.11 Å². The van der Waals surface area contributed by atoms with Crippen LogP contribution >= 0.6 is 11.6 Å². The molecule has 0 saturated heterocycles. The molecule has 1 aromatic heterocycles. The Labute approximate surface area is 175 Å². The van der Waals surface area contributed by atoms with Crippen molar-refractivity contribution in [2.45, 2.75) is 0 Å². The first-order valence-electron chi connectivity index (χ1n) is 8.46. The lowest BCUT2D eigenvalue weighted by molar-refractivity contribution is 0.100. The van der Waals surface area contributed by atoms with Gasteiger partial charge in [-0.15, -0.1) is 0 Å². The summed E-state index contributed by atoms with van der Waals surface area (Å²) >= 11 is 5.77. The smallest absolute Gasteiger partial charge is 0.248 e. The lowest BCUT2D eigenvalue weighted by Gasteiger charge is -2.11. The van der Waals surface area contributed by atoms with Crippen LogP contribution in [0.4, 0.5) is 10.1 Å². The molecule has 0 unspecified atom stereocenters. The van der Waals surface area contributed by atoms with Crippen LogP contribution in [-0.2, 0) is 0 Å². The highest BCUT2D eigenvalue weighted by Gasteiger charge is 2.19. The monoisotopic (exact) mass is 424 g/mol. The molecule has 0 aliphatic carbocycles. The van der Waals surface area contributed by atoms with Crippen LogP contribution in [-0.4, -0.2) is 28.8 Å². The number of hydrogen-bond acceptors (Lipinski definition) is 6. The number of amides is 1. The van der Waals surface area contributed by atoms with Crippen LogP contribution in [0.5, 0.6) is 11.6 Å². The molecule has 1 heterocycles. The van der Waals surface area contributed by atoms with Crippen molar-refractivity contribution in [1.29, 1.82) is 5.26 Å². The number of rotatable bonds is 5. The Bertz CT molecular complexity index is 1200. The molecule has 3 rings (SSSR count). The zero-order valence-corrected chi connectivity index (χ0v) is 16.3. The molecular weight excluding hydrogens is 411 g/mol. The lowest BCUT2D eigenvalue weighted by atomic mass is 10.0. The molecular formula is C21H14ClFN4O3. The van der Waals surface area contributed by atoms with Gasteiger partial charge in [0.25, 0.3) is 0 Å². The molecule has 0 fully saturated rings. The van der Waals surface area contributed by atoms with Crippen LogP contribution in [0.3, 0.4) is 0 Å². The molecule has 9 heteroatoms. The third-order valence-electron chi connectivity index (χ3n) is 4.13. The normalized spacial score (nSPS) is 11.1. The Morgan fingerprint density at radius 2 is 1.97 bits per heavy atom. The topological polar surface area (TPSA) is 122 Å². The van der Waals surface area contributed by atoms with Crippen LogP contribution < -0.4 is 10.5 Å². The van der Waals surface area contributed by atoms with E-state index in [1.165, 1.54) is 37.4 Å². The number of nitrogens with zero attached hydrogens (tertiary/aromatic N) is 3. The lowest BCUT2D eigenvalue weighted by Crippen LogP contribution is -2.10. The number of aliphatic imine (C=N–C) groups is 1. The van der Waals surface area contributed by atoms with Crippen LogP contribution in [0.1, 0.15) is 15.9 Å². The minimum Gasteiger partial charge on any atom is -0.505 e. The molecule has 0 atom stereocenters. The highest BCUT2D eigenvalue weighted by atomic mass is 35.5. The molecule has 3 aromatic rings. The maximum Gasteiger partial charge on any atom is 0.248 e. The van der Waals surface area contributed by atoms with Gasteiger partial charge in [0.1, 0.15) is 17.6 Å². The molecule has 0 aliphatic rings. The molecule has 0 bridgehead atoms. The molecule has 0 spiro atoms. The minimum absolute atomic E-state index is 0.0544. The second-order valence-electron chi connectivity index (χ2n) is 6.02. The highest BCUT2D eigenvalue weighted by Crippen LogP contribution is 2.34. The minimum atomic E-state index is -0.621. The summed E-state index contributed by atoms with van der Waals surface area (Å²) in [6, 6.07) is 13.0. The summed E-state index contributed by atoms with van der Waals surface area (Å²) in [6.07, 6.45) is 0. The number of aromatic nitrogens is 1. The number of aromatic hydroxyl groups is 1. The number of methoxy groups -OCH3 is 1. The van der Waals surface area contributed by atoms with Crippen molar-refractivity contribution in [3.8, 4) is 29.0 Å². The average molecular weight is 425 g/mol. The highest BCUT2D eigenvalue weighted by molar-refractivity contribution is 6.31. The first-order valence-corrected chi connectivity index (χ1v) is 8.84. The fourth-order valence-corrected chi connectivity index (χ4v) is 2.80. The van der Waals surface area contributed by atoms with E-state index in [2.05, 4.69) is 9.98 Å². The maximum atomic E-state index is 13.4. The summed E-state index contributed by atoms with van der Waals surface area (Å²) in [5.74, 6) is -1.42. The van der Waals surface area contributed by atoms with E-state index >= 15 is 0 Å². The Kier molecular flexibility index (Phi) is 5.95. The molecule has 1 amide bonds. The maximum absolute atomic E-state index is 13.4. The number of ether oxygens (including phenoxy) is 1. The average Bonchev–Trinajstić information content (AvgIpc) is 2.75. The quantitative estimate of drug-likeness (QED) is 0.599. The first-order chi connectivity index (χ1) is 14.3. The van der Waals surface area contributed by atoms with Gasteiger partial charge >= 0.3 is 0 Å². The third-order valence-corrected chi connectivity index (χ3v) is 4.42. The van der Waals surface area contributed by atoms with E-state index in [4.69, 9.17) is 22.1 Å². The predicted molar refractivity (Wildman–Crippen MR) is 110 cm³/mol. The van der Waals surface area contributed by atoms with Crippen molar-refractivity contribution in [1.82, 2.24) is 4.98 Å². The van der Waals surface area contributed by atoms with Crippen LogP contribution in [0.25, 0.3) is 11.3 Å². The van der Waals surface area contributed by atoms with Gasteiger partial charge in [-0.25, -0.2) is 14.4 Å². The van der Waals surface area contributed by atoms with E-state index in [0.717, 1.165) is 6.07 Å². The number of pyridine rings is 1. The SMILES string of the molecule is COc1cc(C(C#N)=Nc2ccc(F)c(Cl)c2)c(O)c(-c2ccc(C(N)=O)cc2)n1. The van der Waals surface area contributed by atoms with E-state index in [1.807, 2.05) is 6.07 Å². The van der Waals surface area contributed by atoms with Crippen molar-refractivity contribution < 1.29 is 19.0 Å². The van der Waals surface area contributed by atoms with E-state index in [0.29, 0.717) is 5.56 Å². The summed E-state index contributed by atoms with van der Waals surface area (Å²) in [5.41, 5.74) is 6.22. The Morgan fingerprint density at radius 3 is 2.53 bits per heavy atom. The van der Waals surface area contributed by atoms with Crippen molar-refractivity contribution >= 4 is 28.9 Å². The number of primary amides is 1. The van der Waals surface area contributed by atoms with Gasteiger partial charge in [-0.05, 0) is 30.3 Å². The summed E-state index contributed by atoms with van der Waals surface area (Å²) in [6.45, 7) is 0. The number of carbonyl (C=O) groups is 1. The molecule has 0 aliphatic heterocycles. The summed E-state index contributed by atoms with van der Waals surface area (Å²) in [5, 5.41) is 20.2. The standard InChI is InChI=1S/C21H14ClFN4O3/c1-30-18-9-14(17(10-24)26-13-6-7-16(23)15(22)8-13)20(28)19(27-18)11-2-4-12(5-3-11)21(25)29/h2-9,28H,1H3,(H2,25,29). The van der Waals surface area contributed by atoms with Gasteiger partial charge in [-0.3, -0.25) is 4.79 Å². The molecule has 7 nitrogen and oxygen atoms in total. The fourth-order valence-electron chi connectivity index (χ4n) is 2.62. The van der Waals surface area contributed by atoms with Gasteiger partial charge < -0.3 is 15.6 Å². The van der Waals surface area contributed by atoms with E-state index in [9.17, 15) is 19.6 Å². The number of hydrogen-bond donors (Lipinski definition) is 2. The Hall–Kier alpha value is -3.96. The van der Waals surface area contributed by atoms with Gasteiger partial charge in [0.05, 0.1) is 23.4 Å². The second kappa shape index (κ2) is 8.59. The molecule has 0 saturated carbocycles. The zero-order valence-electron chi connectivity index (χ0n) is 15.6. The van der Waals surface area contributed by atoms with E-state index in [-0.39, 0.29) is 44.9 Å². The van der Waals surface area contributed by atoms with Crippen LogP contribution in [0.15, 0.2) is 53.5 Å². The van der Waals surface area contributed by atoms with Gasteiger partial charge in [-0.2, -0.15) is 5.26 Å². The molecule has 2 aromatic carbocycles. The van der Waals surface area contributed by atoms with Gasteiger partial charge in [0, 0.05) is 17.2 Å². The third kappa shape index (κ3) is 4.21. The van der Waals surface area contributed by atoms with E-state index in [1.54, 1.807) is 12.1 Å². The van der Waals surface area contributed by atoms with E-state index < -0.39 is 11.7 Å². The van der Waals surface area contributed by atoms with Crippen LogP contribution in [0.2, 0.25) is 5.02 Å². The number of nitrogens with two attached hydrogens (primary N) is 1. The summed E-state index contributed by atoms with van der Waals surface area (Å²) < 4.78 is 18.6. The zero-order chi connectivity index (χ0) is 21.8. The van der Waals surface area contributed by atoms with Gasteiger partial charge in [-0.1, -0.05) is 23.7 Å². The van der Waals surface area contributed by atoms with Crippen molar-refractivity contribution in [3.63, 3.8) is 0 Å². The Morgan fingerprint density at radius 1 is 1.27 bits per heavy atom. The van der Waals surface area contributed by atoms with Crippen molar-refractivity contribution in [3.05, 3.63) is 70.5 Å². The first kappa shape index (κ1) is 20.8. The molecule has 150 valence electrons. The molecule has 3 N–H and O–H groups in total. The van der Waals surface area contributed by atoms with Gasteiger partial charge in [0.2, 0.25) is 11.8 Å². The number of benzene rings is 2. The predicted octanol–water partition coefficient (Wildman–Crippen LogP) is 4.00. The largest absolute Gasteiger partial charge is 0.505 e. The second-order valence-corrected chi connectivity index (χ2v) is 6.43. The number of nitriles is 1. The number of carbonyl (C=O) groups excluding carboxylic acids is 1. The molecule has 30 heavy (non-hydrogen) atoms. The van der Waals surface area contributed by atoms with Gasteiger partial charge in [0.15, 0.2) is 11.5 Å². The Balaban J connectivity index is 2.15. The van der Waals surface area contributed by atoms with Crippen LogP contribution in [0, 0.1) is 17.1 Å². The summed E-state index contributed by atoms with van der Waals surface area (Å²) in [4.78, 5) is 19.6. The fraction of sp³-hybridized carbons (Fsp3) is 0.0476. The molecule has 0 radical (unpaired) electrons. The van der Waals surface area contributed by atoms with Crippen molar-refractivity contribution in [2.24, 2.45) is 10.7 Å². The number of halogens is 2. The summed E-state index contributed by atoms with van der Waals surface area (Å²) in [7, 11) is 1.38.